The standard InChI is InChI=1S/C13H19N3O5/c1-3-14-6-10(16(19)20)4-12(14)13(18)15-5-9(2)21-11(7-15)8-17/h4,6,9,11,17H,3,5,7-8H2,1-2H3. The van der Waals surface area contributed by atoms with Crippen molar-refractivity contribution in [3.05, 3.63) is 28.1 Å². The van der Waals surface area contributed by atoms with Crippen LogP contribution in [0, 0.1) is 10.1 Å². The molecule has 0 aliphatic carbocycles. The van der Waals surface area contributed by atoms with E-state index in [1.807, 2.05) is 13.8 Å². The molecule has 2 heterocycles. The molecular formula is C13H19N3O5. The number of carbonyl (C=O) groups is 1. The van der Waals surface area contributed by atoms with Crippen LogP contribution < -0.4 is 0 Å². The molecule has 1 aliphatic rings. The molecule has 0 aromatic carbocycles. The van der Waals surface area contributed by atoms with Gasteiger partial charge in [0.25, 0.3) is 11.6 Å². The fourth-order valence-electron chi connectivity index (χ4n) is 2.51. The van der Waals surface area contributed by atoms with Crippen LogP contribution in [0.5, 0.6) is 0 Å². The number of morpholine rings is 1. The summed E-state index contributed by atoms with van der Waals surface area (Å²) >= 11 is 0. The lowest BCUT2D eigenvalue weighted by Crippen LogP contribution is -2.50. The zero-order valence-corrected chi connectivity index (χ0v) is 12.1. The first-order valence-electron chi connectivity index (χ1n) is 6.86. The third kappa shape index (κ3) is 3.22. The SMILES string of the molecule is CCn1cc([N+](=O)[O-])cc1C(=O)N1CC(C)OC(CO)C1. The predicted octanol–water partition coefficient (Wildman–Crippen LogP) is 0.638. The van der Waals surface area contributed by atoms with Gasteiger partial charge < -0.3 is 19.3 Å². The molecule has 1 amide bonds. The van der Waals surface area contributed by atoms with E-state index in [0.717, 1.165) is 0 Å². The molecule has 0 radical (unpaired) electrons. The van der Waals surface area contributed by atoms with E-state index in [4.69, 9.17) is 4.74 Å². The van der Waals surface area contributed by atoms with E-state index in [1.54, 1.807) is 9.47 Å². The van der Waals surface area contributed by atoms with Gasteiger partial charge in [0.05, 0.1) is 29.9 Å². The lowest BCUT2D eigenvalue weighted by Gasteiger charge is -2.36. The molecule has 8 heteroatoms. The first-order chi connectivity index (χ1) is 9.96. The van der Waals surface area contributed by atoms with Crippen LogP contribution >= 0.6 is 0 Å². The van der Waals surface area contributed by atoms with Crippen LogP contribution in [0.2, 0.25) is 0 Å². The molecule has 1 aromatic heterocycles. The third-order valence-electron chi connectivity index (χ3n) is 3.47. The van der Waals surface area contributed by atoms with E-state index in [9.17, 15) is 20.0 Å². The first kappa shape index (κ1) is 15.5. The van der Waals surface area contributed by atoms with E-state index in [0.29, 0.717) is 13.1 Å². The summed E-state index contributed by atoms with van der Waals surface area (Å²) < 4.78 is 7.06. The highest BCUT2D eigenvalue weighted by atomic mass is 16.6. The van der Waals surface area contributed by atoms with Gasteiger partial charge in [0.1, 0.15) is 5.69 Å². The zero-order chi connectivity index (χ0) is 15.6. The monoisotopic (exact) mass is 297 g/mol. The Labute approximate surface area is 122 Å². The molecule has 1 fully saturated rings. The Morgan fingerprint density at radius 1 is 1.57 bits per heavy atom. The number of carbonyl (C=O) groups excluding carboxylic acids is 1. The number of nitrogens with zero attached hydrogens (tertiary/aromatic N) is 3. The van der Waals surface area contributed by atoms with Gasteiger partial charge in [0.2, 0.25) is 0 Å². The molecule has 0 spiro atoms. The number of amides is 1. The van der Waals surface area contributed by atoms with Crippen LogP contribution in [0.15, 0.2) is 12.3 Å². The van der Waals surface area contributed by atoms with Gasteiger partial charge >= 0.3 is 0 Å². The molecule has 21 heavy (non-hydrogen) atoms. The van der Waals surface area contributed by atoms with Crippen molar-refractivity contribution in [3.8, 4) is 0 Å². The van der Waals surface area contributed by atoms with Crippen molar-refractivity contribution in [3.63, 3.8) is 0 Å². The fourth-order valence-corrected chi connectivity index (χ4v) is 2.51. The van der Waals surface area contributed by atoms with Crippen molar-refractivity contribution in [2.24, 2.45) is 0 Å². The number of hydrogen-bond donors (Lipinski definition) is 1. The Balaban J connectivity index is 2.24. The molecule has 8 nitrogen and oxygen atoms in total. The predicted molar refractivity (Wildman–Crippen MR) is 74.1 cm³/mol. The van der Waals surface area contributed by atoms with Gasteiger partial charge in [0, 0.05) is 25.7 Å². The molecule has 116 valence electrons. The first-order valence-corrected chi connectivity index (χ1v) is 6.86. The smallest absolute Gasteiger partial charge is 0.287 e. The Morgan fingerprint density at radius 2 is 2.29 bits per heavy atom. The van der Waals surface area contributed by atoms with Gasteiger partial charge in [0.15, 0.2) is 0 Å². The summed E-state index contributed by atoms with van der Waals surface area (Å²) in [5.74, 6) is -0.279. The van der Waals surface area contributed by atoms with Crippen molar-refractivity contribution >= 4 is 11.6 Å². The molecule has 2 rings (SSSR count). The minimum absolute atomic E-state index is 0.0970. The second-order valence-electron chi connectivity index (χ2n) is 5.09. The number of aryl methyl sites for hydroxylation is 1. The highest BCUT2D eigenvalue weighted by Crippen LogP contribution is 2.20. The Kier molecular flexibility index (Phi) is 4.59. The summed E-state index contributed by atoms with van der Waals surface area (Å²) in [6, 6.07) is 1.29. The average molecular weight is 297 g/mol. The van der Waals surface area contributed by atoms with Gasteiger partial charge in [-0.3, -0.25) is 14.9 Å². The zero-order valence-electron chi connectivity index (χ0n) is 12.1. The number of aliphatic hydroxyl groups excluding tert-OH is 1. The summed E-state index contributed by atoms with van der Waals surface area (Å²) in [6.45, 7) is 4.63. The minimum Gasteiger partial charge on any atom is -0.394 e. The maximum absolute atomic E-state index is 12.6. The second kappa shape index (κ2) is 6.23. The highest BCUT2D eigenvalue weighted by Gasteiger charge is 2.30. The third-order valence-corrected chi connectivity index (χ3v) is 3.47. The Morgan fingerprint density at radius 3 is 2.86 bits per heavy atom. The average Bonchev–Trinajstić information content (AvgIpc) is 2.90. The van der Waals surface area contributed by atoms with Gasteiger partial charge in [-0.2, -0.15) is 0 Å². The topological polar surface area (TPSA) is 97.8 Å². The van der Waals surface area contributed by atoms with Crippen LogP contribution in [-0.2, 0) is 11.3 Å². The summed E-state index contributed by atoms with van der Waals surface area (Å²) in [7, 11) is 0. The number of rotatable bonds is 4. The van der Waals surface area contributed by atoms with Crippen LogP contribution in [0.1, 0.15) is 24.3 Å². The van der Waals surface area contributed by atoms with E-state index < -0.39 is 11.0 Å². The normalized spacial score (nSPS) is 22.3. The molecule has 1 aliphatic heterocycles. The van der Waals surface area contributed by atoms with Crippen LogP contribution in [-0.4, -0.2) is 57.3 Å². The summed E-state index contributed by atoms with van der Waals surface area (Å²) in [4.78, 5) is 24.5. The lowest BCUT2D eigenvalue weighted by molar-refractivity contribution is -0.384. The molecule has 0 saturated carbocycles. The molecule has 0 bridgehead atoms. The lowest BCUT2D eigenvalue weighted by atomic mass is 10.2. The van der Waals surface area contributed by atoms with Crippen LogP contribution in [0.25, 0.3) is 0 Å². The van der Waals surface area contributed by atoms with Crippen LogP contribution in [0.3, 0.4) is 0 Å². The van der Waals surface area contributed by atoms with E-state index in [-0.39, 0.29) is 36.5 Å². The molecule has 1 aromatic rings. The van der Waals surface area contributed by atoms with Crippen LogP contribution in [0.4, 0.5) is 5.69 Å². The van der Waals surface area contributed by atoms with E-state index in [2.05, 4.69) is 0 Å². The maximum Gasteiger partial charge on any atom is 0.287 e. The fraction of sp³-hybridized carbons (Fsp3) is 0.615. The summed E-state index contributed by atoms with van der Waals surface area (Å²) in [5.41, 5.74) is 0.190. The highest BCUT2D eigenvalue weighted by molar-refractivity contribution is 5.93. The van der Waals surface area contributed by atoms with E-state index >= 15 is 0 Å². The molecule has 2 atom stereocenters. The van der Waals surface area contributed by atoms with Gasteiger partial charge in [-0.05, 0) is 13.8 Å². The summed E-state index contributed by atoms with van der Waals surface area (Å²) in [5, 5.41) is 20.0. The number of aliphatic hydroxyl groups is 1. The van der Waals surface area contributed by atoms with Crippen molar-refractivity contribution < 1.29 is 19.6 Å². The number of hydrogen-bond acceptors (Lipinski definition) is 5. The molecule has 1 N–H and O–H groups in total. The van der Waals surface area contributed by atoms with Crippen molar-refractivity contribution in [1.82, 2.24) is 9.47 Å². The number of nitro groups is 1. The molecular weight excluding hydrogens is 278 g/mol. The van der Waals surface area contributed by atoms with Gasteiger partial charge in [-0.1, -0.05) is 0 Å². The van der Waals surface area contributed by atoms with Gasteiger partial charge in [-0.25, -0.2) is 0 Å². The molecule has 2 unspecified atom stereocenters. The van der Waals surface area contributed by atoms with Gasteiger partial charge in [-0.15, -0.1) is 0 Å². The Hall–Kier alpha value is -1.93. The number of aromatic nitrogens is 1. The molecule has 1 saturated heterocycles. The largest absolute Gasteiger partial charge is 0.394 e. The van der Waals surface area contributed by atoms with Crippen molar-refractivity contribution in [2.45, 2.75) is 32.6 Å². The van der Waals surface area contributed by atoms with Crippen molar-refractivity contribution in [1.29, 1.82) is 0 Å². The maximum atomic E-state index is 12.6. The number of ether oxygens (including phenoxy) is 1. The quantitative estimate of drug-likeness (QED) is 0.649. The minimum atomic E-state index is -0.512. The van der Waals surface area contributed by atoms with E-state index in [1.165, 1.54) is 12.3 Å². The Bertz CT molecular complexity index is 542. The van der Waals surface area contributed by atoms with Crippen molar-refractivity contribution in [2.75, 3.05) is 19.7 Å². The second-order valence-corrected chi connectivity index (χ2v) is 5.09. The summed E-state index contributed by atoms with van der Waals surface area (Å²) in [6.07, 6.45) is 0.762.